The van der Waals surface area contributed by atoms with Gasteiger partial charge < -0.3 is 25.0 Å². The number of rotatable bonds is 12. The van der Waals surface area contributed by atoms with E-state index in [1.807, 2.05) is 32.2 Å². The standard InChI is InChI=1S/C19H32N3O5PS/c1-6-26-28(25,27-7-2)13-20-18(23)17(12-14(3)4)22-19(24)21-15-8-10-16(29-5)11-9-15/h8-11,14,17H,6-7,12-13H2,1-5H3,(H,20,23)(H2,21,22,24). The number of carbonyl (C=O) groups is 2. The predicted molar refractivity (Wildman–Crippen MR) is 117 cm³/mol. The van der Waals surface area contributed by atoms with Gasteiger partial charge >= 0.3 is 13.6 Å². The summed E-state index contributed by atoms with van der Waals surface area (Å²) in [7, 11) is -3.41. The molecule has 1 rings (SSSR count). The van der Waals surface area contributed by atoms with Crippen LogP contribution in [0, 0.1) is 5.92 Å². The normalized spacial score (nSPS) is 12.5. The molecule has 0 bridgehead atoms. The first kappa shape index (κ1) is 25.5. The summed E-state index contributed by atoms with van der Waals surface area (Å²) in [6.07, 6.45) is 2.15. The Morgan fingerprint density at radius 1 is 1.10 bits per heavy atom. The summed E-state index contributed by atoms with van der Waals surface area (Å²) >= 11 is 1.61. The van der Waals surface area contributed by atoms with E-state index >= 15 is 0 Å². The predicted octanol–water partition coefficient (Wildman–Crippen LogP) is 4.28. The largest absolute Gasteiger partial charge is 0.349 e. The van der Waals surface area contributed by atoms with Crippen molar-refractivity contribution in [2.45, 2.75) is 45.1 Å². The summed E-state index contributed by atoms with van der Waals surface area (Å²) < 4.78 is 22.9. The van der Waals surface area contributed by atoms with Gasteiger partial charge in [0.05, 0.1) is 13.2 Å². The van der Waals surface area contributed by atoms with Crippen molar-refractivity contribution in [2.24, 2.45) is 5.92 Å². The van der Waals surface area contributed by atoms with Crippen LogP contribution in [-0.4, -0.2) is 43.7 Å². The number of carbonyl (C=O) groups excluding carboxylic acids is 2. The zero-order chi connectivity index (χ0) is 21.9. The van der Waals surface area contributed by atoms with Crippen molar-refractivity contribution >= 4 is 37.0 Å². The minimum atomic E-state index is -3.41. The molecule has 0 radical (unpaired) electrons. The third-order valence-electron chi connectivity index (χ3n) is 3.78. The summed E-state index contributed by atoms with van der Waals surface area (Å²) in [6.45, 7) is 7.72. The molecule has 1 atom stereocenters. The van der Waals surface area contributed by atoms with E-state index in [1.165, 1.54) is 0 Å². The molecule has 1 unspecified atom stereocenters. The second-order valence-corrected chi connectivity index (χ2v) is 9.59. The molecule has 0 aliphatic heterocycles. The van der Waals surface area contributed by atoms with E-state index in [1.54, 1.807) is 37.7 Å². The van der Waals surface area contributed by atoms with E-state index in [0.717, 1.165) is 4.90 Å². The second kappa shape index (κ2) is 12.9. The summed E-state index contributed by atoms with van der Waals surface area (Å²) in [5.41, 5.74) is 0.626. The fourth-order valence-corrected chi connectivity index (χ4v) is 4.32. The summed E-state index contributed by atoms with van der Waals surface area (Å²) in [5, 5.41) is 7.99. The summed E-state index contributed by atoms with van der Waals surface area (Å²) in [5.74, 6) is -0.274. The van der Waals surface area contributed by atoms with Gasteiger partial charge in [0.2, 0.25) is 5.91 Å². The minimum Gasteiger partial charge on any atom is -0.343 e. The quantitative estimate of drug-likeness (QED) is 0.327. The van der Waals surface area contributed by atoms with Gasteiger partial charge in [0, 0.05) is 10.6 Å². The molecule has 0 saturated heterocycles. The van der Waals surface area contributed by atoms with Gasteiger partial charge in [0.25, 0.3) is 0 Å². The van der Waals surface area contributed by atoms with E-state index in [4.69, 9.17) is 9.05 Å². The number of hydrogen-bond acceptors (Lipinski definition) is 6. The van der Waals surface area contributed by atoms with Crippen molar-refractivity contribution < 1.29 is 23.2 Å². The molecule has 0 aromatic heterocycles. The second-order valence-electron chi connectivity index (χ2n) is 6.65. The number of thioether (sulfide) groups is 1. The zero-order valence-electron chi connectivity index (χ0n) is 17.7. The lowest BCUT2D eigenvalue weighted by atomic mass is 10.0. The number of anilines is 1. The lowest BCUT2D eigenvalue weighted by Crippen LogP contribution is -2.49. The topological polar surface area (TPSA) is 106 Å². The molecule has 0 aliphatic carbocycles. The fourth-order valence-electron chi connectivity index (χ4n) is 2.52. The maximum atomic E-state index is 12.6. The van der Waals surface area contributed by atoms with Crippen LogP contribution in [0.5, 0.6) is 0 Å². The number of hydrogen-bond donors (Lipinski definition) is 3. The van der Waals surface area contributed by atoms with E-state index in [9.17, 15) is 14.2 Å². The van der Waals surface area contributed by atoms with Gasteiger partial charge in [0.15, 0.2) is 0 Å². The SMILES string of the molecule is CCOP(=O)(CNC(=O)C(CC(C)C)NC(=O)Nc1ccc(SC)cc1)OCC. The molecule has 8 nitrogen and oxygen atoms in total. The lowest BCUT2D eigenvalue weighted by molar-refractivity contribution is -0.123. The molecule has 164 valence electrons. The first-order valence-corrected chi connectivity index (χ1v) is 12.6. The highest BCUT2D eigenvalue weighted by molar-refractivity contribution is 7.98. The average Bonchev–Trinajstić information content (AvgIpc) is 2.66. The van der Waals surface area contributed by atoms with Crippen molar-refractivity contribution in [3.05, 3.63) is 24.3 Å². The number of amides is 3. The first-order valence-electron chi connectivity index (χ1n) is 9.60. The van der Waals surface area contributed by atoms with E-state index in [0.29, 0.717) is 12.1 Å². The fraction of sp³-hybridized carbons (Fsp3) is 0.579. The maximum Gasteiger partial charge on any atom is 0.349 e. The van der Waals surface area contributed by atoms with Crippen LogP contribution in [-0.2, 0) is 18.4 Å². The molecular formula is C19H32N3O5PS. The smallest absolute Gasteiger partial charge is 0.343 e. The maximum absolute atomic E-state index is 12.6. The minimum absolute atomic E-state index is 0.164. The Kier molecular flexibility index (Phi) is 11.3. The Bertz CT molecular complexity index is 690. The molecule has 29 heavy (non-hydrogen) atoms. The lowest BCUT2D eigenvalue weighted by Gasteiger charge is -2.22. The van der Waals surface area contributed by atoms with Gasteiger partial charge in [-0.2, -0.15) is 0 Å². The molecule has 0 fully saturated rings. The van der Waals surface area contributed by atoms with Crippen LogP contribution >= 0.6 is 19.4 Å². The molecular weight excluding hydrogens is 413 g/mol. The number of urea groups is 1. The van der Waals surface area contributed by atoms with Crippen LogP contribution < -0.4 is 16.0 Å². The van der Waals surface area contributed by atoms with Crippen LogP contribution in [0.3, 0.4) is 0 Å². The molecule has 1 aromatic rings. The molecule has 1 aromatic carbocycles. The van der Waals surface area contributed by atoms with Gasteiger partial charge in [-0.25, -0.2) is 4.79 Å². The van der Waals surface area contributed by atoms with Gasteiger partial charge in [-0.15, -0.1) is 11.8 Å². The van der Waals surface area contributed by atoms with Crippen molar-refractivity contribution in [2.75, 3.05) is 31.1 Å². The molecule has 0 heterocycles. The van der Waals surface area contributed by atoms with Gasteiger partial charge in [-0.1, -0.05) is 13.8 Å². The van der Waals surface area contributed by atoms with E-state index < -0.39 is 25.6 Å². The van der Waals surface area contributed by atoms with Crippen molar-refractivity contribution in [3.8, 4) is 0 Å². The molecule has 0 saturated carbocycles. The molecule has 3 amide bonds. The Labute approximate surface area is 177 Å². The summed E-state index contributed by atoms with van der Waals surface area (Å²) in [4.78, 5) is 26.1. The van der Waals surface area contributed by atoms with Crippen LogP contribution in [0.1, 0.15) is 34.1 Å². The Morgan fingerprint density at radius 3 is 2.17 bits per heavy atom. The molecule has 3 N–H and O–H groups in total. The highest BCUT2D eigenvalue weighted by Gasteiger charge is 2.28. The molecule has 10 heteroatoms. The number of nitrogens with one attached hydrogen (secondary N) is 3. The van der Waals surface area contributed by atoms with Gasteiger partial charge in [0.1, 0.15) is 12.3 Å². The molecule has 0 aliphatic rings. The van der Waals surface area contributed by atoms with Gasteiger partial charge in [-0.3, -0.25) is 9.36 Å². The van der Waals surface area contributed by atoms with Crippen LogP contribution in [0.25, 0.3) is 0 Å². The highest BCUT2D eigenvalue weighted by atomic mass is 32.2. The Balaban J connectivity index is 2.72. The Hall–Kier alpha value is -1.54. The van der Waals surface area contributed by atoms with Crippen LogP contribution in [0.4, 0.5) is 10.5 Å². The average molecular weight is 446 g/mol. The monoisotopic (exact) mass is 445 g/mol. The summed E-state index contributed by atoms with van der Waals surface area (Å²) in [6, 6.07) is 6.12. The van der Waals surface area contributed by atoms with Crippen molar-refractivity contribution in [3.63, 3.8) is 0 Å². The van der Waals surface area contributed by atoms with E-state index in [-0.39, 0.29) is 25.4 Å². The first-order chi connectivity index (χ1) is 13.7. The number of benzene rings is 1. The van der Waals surface area contributed by atoms with Crippen LogP contribution in [0.15, 0.2) is 29.2 Å². The van der Waals surface area contributed by atoms with Crippen LogP contribution in [0.2, 0.25) is 0 Å². The van der Waals surface area contributed by atoms with E-state index in [2.05, 4.69) is 16.0 Å². The highest BCUT2D eigenvalue weighted by Crippen LogP contribution is 2.46. The molecule has 0 spiro atoms. The third-order valence-corrected chi connectivity index (χ3v) is 6.37. The van der Waals surface area contributed by atoms with Crippen molar-refractivity contribution in [1.29, 1.82) is 0 Å². The Morgan fingerprint density at radius 2 is 1.69 bits per heavy atom. The zero-order valence-corrected chi connectivity index (χ0v) is 19.4. The third kappa shape index (κ3) is 9.67. The van der Waals surface area contributed by atoms with Gasteiger partial charge in [-0.05, 0) is 56.7 Å². The van der Waals surface area contributed by atoms with Crippen molar-refractivity contribution in [1.82, 2.24) is 10.6 Å².